The van der Waals surface area contributed by atoms with Gasteiger partial charge in [-0.05, 0) is 51.4 Å². The maximum absolute atomic E-state index is 11.9. The van der Waals surface area contributed by atoms with E-state index >= 15 is 0 Å². The van der Waals surface area contributed by atoms with Crippen LogP contribution in [0.1, 0.15) is 57.8 Å². The predicted molar refractivity (Wildman–Crippen MR) is 67.8 cm³/mol. The molecule has 4 heteroatoms. The molecule has 0 bridgehead atoms. The fraction of sp³-hybridized carbons (Fsp3) is 0.857. The molecule has 18 heavy (non-hydrogen) atoms. The Morgan fingerprint density at radius 2 is 2.11 bits per heavy atom. The maximum Gasteiger partial charge on any atom is 0.221 e. The van der Waals surface area contributed by atoms with E-state index in [0.717, 1.165) is 51.6 Å². The highest BCUT2D eigenvalue weighted by Gasteiger charge is 2.35. The molecule has 1 unspecified atom stereocenters. The molecule has 0 aromatic rings. The van der Waals surface area contributed by atoms with Crippen LogP contribution in [0, 0.1) is 11.3 Å². The zero-order valence-corrected chi connectivity index (χ0v) is 10.9. The predicted octanol–water partition coefficient (Wildman–Crippen LogP) is 2.29. The molecule has 4 nitrogen and oxygen atoms in total. The van der Waals surface area contributed by atoms with Gasteiger partial charge in [-0.2, -0.15) is 5.26 Å². The van der Waals surface area contributed by atoms with Crippen molar-refractivity contribution >= 4 is 5.91 Å². The number of nitrogens with zero attached hydrogens (tertiary/aromatic N) is 1. The summed E-state index contributed by atoms with van der Waals surface area (Å²) in [5, 5.41) is 12.1. The summed E-state index contributed by atoms with van der Waals surface area (Å²) < 4.78 is 5.60. The molecular weight excluding hydrogens is 228 g/mol. The van der Waals surface area contributed by atoms with Crippen LogP contribution in [0.15, 0.2) is 0 Å². The van der Waals surface area contributed by atoms with Crippen molar-refractivity contribution in [1.82, 2.24) is 5.32 Å². The average molecular weight is 250 g/mol. The number of hydrogen-bond acceptors (Lipinski definition) is 3. The number of nitrogens with one attached hydrogen (secondary N) is 1. The van der Waals surface area contributed by atoms with Gasteiger partial charge in [0.15, 0.2) is 0 Å². The van der Waals surface area contributed by atoms with Crippen molar-refractivity contribution in [3.05, 3.63) is 0 Å². The molecule has 0 radical (unpaired) electrons. The van der Waals surface area contributed by atoms with Crippen LogP contribution in [0.3, 0.4) is 0 Å². The Morgan fingerprint density at radius 1 is 1.33 bits per heavy atom. The monoisotopic (exact) mass is 250 g/mol. The molecule has 2 rings (SSSR count). The molecular formula is C14H22N2O2. The van der Waals surface area contributed by atoms with Crippen LogP contribution >= 0.6 is 0 Å². The Labute approximate surface area is 109 Å². The maximum atomic E-state index is 11.9. The van der Waals surface area contributed by atoms with Crippen molar-refractivity contribution < 1.29 is 9.53 Å². The Morgan fingerprint density at radius 3 is 2.72 bits per heavy atom. The molecule has 1 aliphatic carbocycles. The van der Waals surface area contributed by atoms with E-state index in [4.69, 9.17) is 4.74 Å². The minimum atomic E-state index is -0.579. The minimum Gasteiger partial charge on any atom is -0.378 e. The number of nitriles is 1. The second kappa shape index (κ2) is 6.19. The van der Waals surface area contributed by atoms with Crippen molar-refractivity contribution in [2.45, 2.75) is 69.4 Å². The van der Waals surface area contributed by atoms with Crippen LogP contribution in [0.2, 0.25) is 0 Å². The number of hydrogen-bond donors (Lipinski definition) is 1. The summed E-state index contributed by atoms with van der Waals surface area (Å²) in [5.41, 5.74) is -0.579. The Balaban J connectivity index is 1.73. The van der Waals surface area contributed by atoms with E-state index in [-0.39, 0.29) is 12.0 Å². The molecule has 1 N–H and O–H groups in total. The van der Waals surface area contributed by atoms with Gasteiger partial charge in [-0.15, -0.1) is 0 Å². The second-order valence-electron chi connectivity index (χ2n) is 5.48. The van der Waals surface area contributed by atoms with Gasteiger partial charge in [-0.3, -0.25) is 4.79 Å². The number of carbonyl (C=O) groups is 1. The second-order valence-corrected chi connectivity index (χ2v) is 5.48. The van der Waals surface area contributed by atoms with Gasteiger partial charge in [0.05, 0.1) is 12.2 Å². The van der Waals surface area contributed by atoms with Crippen LogP contribution < -0.4 is 5.32 Å². The first-order valence-corrected chi connectivity index (χ1v) is 7.08. The summed E-state index contributed by atoms with van der Waals surface area (Å²) in [6.07, 6.45) is 8.60. The smallest absolute Gasteiger partial charge is 0.221 e. The van der Waals surface area contributed by atoms with Gasteiger partial charge >= 0.3 is 0 Å². The zero-order chi connectivity index (χ0) is 12.8. The normalized spacial score (nSPS) is 26.5. The van der Waals surface area contributed by atoms with Gasteiger partial charge < -0.3 is 10.1 Å². The van der Waals surface area contributed by atoms with Crippen LogP contribution in [0.25, 0.3) is 0 Å². The molecule has 1 atom stereocenters. The lowest BCUT2D eigenvalue weighted by Gasteiger charge is -2.24. The summed E-state index contributed by atoms with van der Waals surface area (Å²) in [4.78, 5) is 11.9. The fourth-order valence-corrected chi connectivity index (χ4v) is 2.90. The Bertz CT molecular complexity index is 323. The van der Waals surface area contributed by atoms with Crippen LogP contribution in [-0.2, 0) is 9.53 Å². The third kappa shape index (κ3) is 3.46. The van der Waals surface area contributed by atoms with Crippen LogP contribution in [0.4, 0.5) is 0 Å². The number of rotatable bonds is 4. The highest BCUT2D eigenvalue weighted by Crippen LogP contribution is 2.29. The minimum absolute atomic E-state index is 0.00706. The largest absolute Gasteiger partial charge is 0.378 e. The van der Waals surface area contributed by atoms with Crippen LogP contribution in [0.5, 0.6) is 0 Å². The number of carbonyl (C=O) groups excluding carboxylic acids is 1. The first-order valence-electron chi connectivity index (χ1n) is 7.08. The van der Waals surface area contributed by atoms with Crippen molar-refractivity contribution in [3.63, 3.8) is 0 Å². The highest BCUT2D eigenvalue weighted by atomic mass is 16.5. The van der Waals surface area contributed by atoms with Gasteiger partial charge in [0, 0.05) is 13.0 Å². The number of amides is 1. The third-order valence-electron chi connectivity index (χ3n) is 4.02. The SMILES string of the molecule is N#CC1(NC(=O)CCC2CCCCO2)CCCC1. The summed E-state index contributed by atoms with van der Waals surface area (Å²) >= 11 is 0. The van der Waals surface area contributed by atoms with E-state index < -0.39 is 5.54 Å². The molecule has 0 aromatic heterocycles. The van der Waals surface area contributed by atoms with E-state index in [1.807, 2.05) is 0 Å². The average Bonchev–Trinajstić information content (AvgIpc) is 2.87. The number of ether oxygens (including phenoxy) is 1. The van der Waals surface area contributed by atoms with Crippen LogP contribution in [-0.4, -0.2) is 24.2 Å². The van der Waals surface area contributed by atoms with Crippen molar-refractivity contribution in [1.29, 1.82) is 5.26 Å². The third-order valence-corrected chi connectivity index (χ3v) is 4.02. The summed E-state index contributed by atoms with van der Waals surface area (Å²) in [7, 11) is 0. The molecule has 0 spiro atoms. The Hall–Kier alpha value is -1.08. The summed E-state index contributed by atoms with van der Waals surface area (Å²) in [6.45, 7) is 0.828. The molecule has 100 valence electrons. The van der Waals surface area contributed by atoms with E-state index in [1.165, 1.54) is 6.42 Å². The molecule has 1 amide bonds. The zero-order valence-electron chi connectivity index (χ0n) is 10.9. The topological polar surface area (TPSA) is 62.1 Å². The van der Waals surface area contributed by atoms with E-state index in [0.29, 0.717) is 6.42 Å². The van der Waals surface area contributed by atoms with E-state index in [2.05, 4.69) is 11.4 Å². The standard InChI is InChI=1S/C14H22N2O2/c15-11-14(8-2-3-9-14)16-13(17)7-6-12-5-1-4-10-18-12/h12H,1-10H2,(H,16,17). The van der Waals surface area contributed by atoms with E-state index in [1.54, 1.807) is 0 Å². The molecule has 1 heterocycles. The van der Waals surface area contributed by atoms with Gasteiger partial charge in [-0.25, -0.2) is 0 Å². The molecule has 2 aliphatic rings. The highest BCUT2D eigenvalue weighted by molar-refractivity contribution is 5.77. The van der Waals surface area contributed by atoms with Gasteiger partial charge in [0.2, 0.25) is 5.91 Å². The van der Waals surface area contributed by atoms with Gasteiger partial charge in [0.1, 0.15) is 5.54 Å². The van der Waals surface area contributed by atoms with Crippen molar-refractivity contribution in [2.75, 3.05) is 6.61 Å². The van der Waals surface area contributed by atoms with E-state index in [9.17, 15) is 10.1 Å². The Kier molecular flexibility index (Phi) is 4.60. The molecule has 2 fully saturated rings. The lowest BCUT2D eigenvalue weighted by atomic mass is 9.99. The summed E-state index contributed by atoms with van der Waals surface area (Å²) in [5.74, 6) is 0.00706. The molecule has 0 aromatic carbocycles. The lowest BCUT2D eigenvalue weighted by Crippen LogP contribution is -2.45. The van der Waals surface area contributed by atoms with Crippen molar-refractivity contribution in [3.8, 4) is 6.07 Å². The molecule has 1 saturated carbocycles. The first kappa shape index (κ1) is 13.4. The first-order chi connectivity index (χ1) is 8.74. The molecule has 1 saturated heterocycles. The quantitative estimate of drug-likeness (QED) is 0.832. The molecule has 1 aliphatic heterocycles. The van der Waals surface area contributed by atoms with Gasteiger partial charge in [0.25, 0.3) is 0 Å². The lowest BCUT2D eigenvalue weighted by molar-refractivity contribution is -0.123. The fourth-order valence-electron chi connectivity index (χ4n) is 2.90. The summed E-state index contributed by atoms with van der Waals surface area (Å²) in [6, 6.07) is 2.28. The van der Waals surface area contributed by atoms with Crippen molar-refractivity contribution in [2.24, 2.45) is 0 Å². The van der Waals surface area contributed by atoms with Gasteiger partial charge in [-0.1, -0.05) is 0 Å².